The molecule has 116 valence electrons. The van der Waals surface area contributed by atoms with Crippen LogP contribution in [0, 0.1) is 0 Å². The zero-order valence-electron chi connectivity index (χ0n) is 12.5. The number of ether oxygens (including phenoxy) is 2. The molecule has 1 amide bonds. The van der Waals surface area contributed by atoms with Gasteiger partial charge in [-0.3, -0.25) is 4.98 Å². The van der Waals surface area contributed by atoms with Crippen LogP contribution in [0.1, 0.15) is 33.6 Å². The monoisotopic (exact) mass is 357 g/mol. The van der Waals surface area contributed by atoms with Crippen molar-refractivity contribution in [2.75, 3.05) is 13.1 Å². The van der Waals surface area contributed by atoms with Crippen LogP contribution in [0.15, 0.2) is 17.0 Å². The van der Waals surface area contributed by atoms with Gasteiger partial charge in [0.1, 0.15) is 16.3 Å². The van der Waals surface area contributed by atoms with E-state index in [-0.39, 0.29) is 12.2 Å². The van der Waals surface area contributed by atoms with E-state index in [0.717, 1.165) is 12.8 Å². The van der Waals surface area contributed by atoms with Crippen molar-refractivity contribution in [1.29, 1.82) is 0 Å². The summed E-state index contributed by atoms with van der Waals surface area (Å²) < 4.78 is 11.8. The van der Waals surface area contributed by atoms with Gasteiger partial charge in [0.25, 0.3) is 0 Å². The average Bonchev–Trinajstić information content (AvgIpc) is 2.37. The molecule has 0 saturated carbocycles. The fourth-order valence-electron chi connectivity index (χ4n) is 2.04. The minimum absolute atomic E-state index is 0.0484. The largest absolute Gasteiger partial charge is 0.473 e. The third kappa shape index (κ3) is 5.15. The number of carbonyl (C=O) groups is 1. The number of hydrogen-bond acceptors (Lipinski definition) is 5. The Morgan fingerprint density at radius 2 is 2.00 bits per heavy atom. The van der Waals surface area contributed by atoms with Gasteiger partial charge in [-0.2, -0.15) is 0 Å². The van der Waals surface area contributed by atoms with Gasteiger partial charge in [-0.15, -0.1) is 0 Å². The lowest BCUT2D eigenvalue weighted by Gasteiger charge is -2.33. The highest BCUT2D eigenvalue weighted by atomic mass is 79.9. The summed E-state index contributed by atoms with van der Waals surface area (Å²) in [5.41, 5.74) is -0.462. The van der Waals surface area contributed by atoms with Crippen LogP contribution in [0.25, 0.3) is 0 Å². The first kappa shape index (κ1) is 16.0. The Kier molecular flexibility index (Phi) is 5.03. The smallest absolute Gasteiger partial charge is 0.410 e. The summed E-state index contributed by atoms with van der Waals surface area (Å²) >= 11 is 3.26. The molecule has 2 heterocycles. The van der Waals surface area contributed by atoms with Gasteiger partial charge in [0.15, 0.2) is 0 Å². The number of carbonyl (C=O) groups excluding carboxylic acids is 1. The number of likely N-dealkylation sites (tertiary alicyclic amines) is 1. The van der Waals surface area contributed by atoms with Crippen LogP contribution in [-0.4, -0.2) is 45.8 Å². The van der Waals surface area contributed by atoms with E-state index in [1.807, 2.05) is 20.8 Å². The molecule has 21 heavy (non-hydrogen) atoms. The van der Waals surface area contributed by atoms with Crippen molar-refractivity contribution in [1.82, 2.24) is 14.9 Å². The Morgan fingerprint density at radius 1 is 1.33 bits per heavy atom. The van der Waals surface area contributed by atoms with E-state index in [2.05, 4.69) is 25.9 Å². The molecule has 1 aliphatic rings. The molecular formula is C14H20BrN3O3. The van der Waals surface area contributed by atoms with E-state index in [4.69, 9.17) is 9.47 Å². The van der Waals surface area contributed by atoms with Crippen LogP contribution >= 0.6 is 15.9 Å². The zero-order valence-corrected chi connectivity index (χ0v) is 14.1. The van der Waals surface area contributed by atoms with Gasteiger partial charge in [0.05, 0.1) is 12.4 Å². The Labute approximate surface area is 133 Å². The van der Waals surface area contributed by atoms with Gasteiger partial charge in [-0.05, 0) is 36.7 Å². The van der Waals surface area contributed by atoms with Crippen LogP contribution < -0.4 is 4.74 Å². The predicted octanol–water partition coefficient (Wildman–Crippen LogP) is 3.02. The van der Waals surface area contributed by atoms with Crippen molar-refractivity contribution in [2.45, 2.75) is 45.3 Å². The van der Waals surface area contributed by atoms with Crippen LogP contribution in [0.4, 0.5) is 4.79 Å². The van der Waals surface area contributed by atoms with Crippen molar-refractivity contribution < 1.29 is 14.3 Å². The van der Waals surface area contributed by atoms with Gasteiger partial charge in [0, 0.05) is 25.9 Å². The number of piperidine rings is 1. The van der Waals surface area contributed by atoms with Gasteiger partial charge < -0.3 is 14.4 Å². The summed E-state index contributed by atoms with van der Waals surface area (Å²) in [4.78, 5) is 21.9. The topological polar surface area (TPSA) is 64.5 Å². The molecule has 1 aliphatic heterocycles. The Balaban J connectivity index is 1.82. The molecule has 1 aromatic rings. The molecule has 0 atom stereocenters. The van der Waals surface area contributed by atoms with Crippen LogP contribution in [0.5, 0.6) is 5.88 Å². The second kappa shape index (κ2) is 6.60. The quantitative estimate of drug-likeness (QED) is 0.813. The first-order valence-electron chi connectivity index (χ1n) is 6.95. The van der Waals surface area contributed by atoms with Crippen molar-refractivity contribution in [2.24, 2.45) is 0 Å². The first-order valence-corrected chi connectivity index (χ1v) is 7.75. The van der Waals surface area contributed by atoms with Crippen molar-refractivity contribution in [3.8, 4) is 5.88 Å². The molecule has 0 aliphatic carbocycles. The molecule has 0 unspecified atom stereocenters. The Hall–Kier alpha value is -1.37. The minimum Gasteiger partial charge on any atom is -0.473 e. The molecule has 0 aromatic carbocycles. The summed E-state index contributed by atoms with van der Waals surface area (Å²) in [6.45, 7) is 6.86. The maximum absolute atomic E-state index is 12.0. The normalized spacial score (nSPS) is 16.7. The van der Waals surface area contributed by atoms with Crippen molar-refractivity contribution >= 4 is 22.0 Å². The third-order valence-electron chi connectivity index (χ3n) is 2.96. The number of nitrogens with zero attached hydrogens (tertiary/aromatic N) is 3. The first-order chi connectivity index (χ1) is 9.83. The molecule has 6 nitrogen and oxygen atoms in total. The number of halogens is 1. The fraction of sp³-hybridized carbons (Fsp3) is 0.643. The van der Waals surface area contributed by atoms with Gasteiger partial charge in [-0.1, -0.05) is 0 Å². The standard InChI is InChI=1S/C14H20BrN3O3/c1-14(2,3)21-13(19)18-6-4-10(5-7-18)20-12-9-16-8-11(15)17-12/h8-10H,4-7H2,1-3H3. The highest BCUT2D eigenvalue weighted by molar-refractivity contribution is 9.10. The molecule has 1 fully saturated rings. The molecule has 1 aromatic heterocycles. The second-order valence-corrected chi connectivity index (χ2v) is 6.78. The lowest BCUT2D eigenvalue weighted by atomic mass is 10.1. The lowest BCUT2D eigenvalue weighted by molar-refractivity contribution is 0.0122. The third-order valence-corrected chi connectivity index (χ3v) is 3.35. The lowest BCUT2D eigenvalue weighted by Crippen LogP contribution is -2.44. The second-order valence-electron chi connectivity index (χ2n) is 5.96. The number of rotatable bonds is 2. The predicted molar refractivity (Wildman–Crippen MR) is 81.2 cm³/mol. The summed E-state index contributed by atoms with van der Waals surface area (Å²) in [5, 5.41) is 0. The number of aromatic nitrogens is 2. The fourth-order valence-corrected chi connectivity index (χ4v) is 2.33. The maximum Gasteiger partial charge on any atom is 0.410 e. The molecule has 0 radical (unpaired) electrons. The summed E-state index contributed by atoms with van der Waals surface area (Å²) in [5.74, 6) is 0.500. The van der Waals surface area contributed by atoms with Crippen LogP contribution in [0.2, 0.25) is 0 Å². The van der Waals surface area contributed by atoms with Gasteiger partial charge >= 0.3 is 6.09 Å². The van der Waals surface area contributed by atoms with Gasteiger partial charge in [-0.25, -0.2) is 9.78 Å². The van der Waals surface area contributed by atoms with E-state index in [0.29, 0.717) is 23.6 Å². The Morgan fingerprint density at radius 3 is 2.57 bits per heavy atom. The van der Waals surface area contributed by atoms with E-state index in [9.17, 15) is 4.79 Å². The zero-order chi connectivity index (χ0) is 15.5. The molecule has 0 bridgehead atoms. The van der Waals surface area contributed by atoms with Gasteiger partial charge in [0.2, 0.25) is 5.88 Å². The molecule has 0 spiro atoms. The van der Waals surface area contributed by atoms with Crippen molar-refractivity contribution in [3.63, 3.8) is 0 Å². The Bertz CT molecular complexity index is 496. The average molecular weight is 358 g/mol. The van der Waals surface area contributed by atoms with E-state index in [1.165, 1.54) is 0 Å². The molecule has 0 N–H and O–H groups in total. The number of amides is 1. The minimum atomic E-state index is -0.462. The summed E-state index contributed by atoms with van der Waals surface area (Å²) in [7, 11) is 0. The molecule has 1 saturated heterocycles. The summed E-state index contributed by atoms with van der Waals surface area (Å²) in [6.07, 6.45) is 4.50. The maximum atomic E-state index is 12.0. The number of hydrogen-bond donors (Lipinski definition) is 0. The van der Waals surface area contributed by atoms with E-state index < -0.39 is 5.60 Å². The molecule has 2 rings (SSSR count). The summed E-state index contributed by atoms with van der Waals surface area (Å²) in [6, 6.07) is 0. The van der Waals surface area contributed by atoms with Crippen LogP contribution in [0.3, 0.4) is 0 Å². The highest BCUT2D eigenvalue weighted by Gasteiger charge is 2.27. The SMILES string of the molecule is CC(C)(C)OC(=O)N1CCC(Oc2cncc(Br)n2)CC1. The van der Waals surface area contributed by atoms with E-state index >= 15 is 0 Å². The van der Waals surface area contributed by atoms with E-state index in [1.54, 1.807) is 17.3 Å². The molecular weight excluding hydrogens is 338 g/mol. The molecule has 7 heteroatoms. The highest BCUT2D eigenvalue weighted by Crippen LogP contribution is 2.19. The van der Waals surface area contributed by atoms with Crippen molar-refractivity contribution in [3.05, 3.63) is 17.0 Å². The van der Waals surface area contributed by atoms with Crippen LogP contribution in [-0.2, 0) is 4.74 Å².